The Morgan fingerprint density at radius 2 is 1.91 bits per heavy atom. The van der Waals surface area contributed by atoms with Crippen molar-refractivity contribution >= 4 is 33.4 Å². The molecule has 4 rings (SSSR count). The first-order valence-electron chi connectivity index (χ1n) is 10.1. The van der Waals surface area contributed by atoms with E-state index in [2.05, 4.69) is 36.8 Å². The Labute approximate surface area is 197 Å². The standard InChI is InChI=1S/C22H21BrN6O4/c1-2-28-13-19(20(27-28)22(31)24-12-17-4-3-11-32-17)25-21(30)18-9-10-29(26-18)14-33-16-7-5-15(23)6-8-16/h3-11,13H,2,12,14H2,1H3,(H,24,31)(H,25,30). The Hall–Kier alpha value is -3.86. The molecule has 0 aliphatic carbocycles. The molecule has 0 fully saturated rings. The zero-order valence-corrected chi connectivity index (χ0v) is 19.3. The monoisotopic (exact) mass is 512 g/mol. The van der Waals surface area contributed by atoms with Gasteiger partial charge in [-0.05, 0) is 49.4 Å². The van der Waals surface area contributed by atoms with Crippen molar-refractivity contribution < 1.29 is 18.7 Å². The van der Waals surface area contributed by atoms with Crippen LogP contribution >= 0.6 is 15.9 Å². The summed E-state index contributed by atoms with van der Waals surface area (Å²) in [7, 11) is 0. The smallest absolute Gasteiger partial charge is 0.276 e. The van der Waals surface area contributed by atoms with Crippen molar-refractivity contribution in [2.45, 2.75) is 26.7 Å². The fourth-order valence-electron chi connectivity index (χ4n) is 2.92. The normalized spacial score (nSPS) is 10.7. The molecule has 10 nitrogen and oxygen atoms in total. The van der Waals surface area contributed by atoms with Gasteiger partial charge in [0.15, 0.2) is 18.1 Å². The minimum absolute atomic E-state index is 0.106. The summed E-state index contributed by atoms with van der Waals surface area (Å²) in [4.78, 5) is 25.4. The van der Waals surface area contributed by atoms with Crippen LogP contribution < -0.4 is 15.4 Å². The lowest BCUT2D eigenvalue weighted by atomic mass is 10.3. The molecule has 1 aromatic carbocycles. The molecule has 0 aliphatic heterocycles. The van der Waals surface area contributed by atoms with Crippen molar-refractivity contribution in [1.29, 1.82) is 0 Å². The van der Waals surface area contributed by atoms with Gasteiger partial charge in [0.25, 0.3) is 11.8 Å². The predicted molar refractivity (Wildman–Crippen MR) is 123 cm³/mol. The van der Waals surface area contributed by atoms with Crippen LogP contribution in [0.4, 0.5) is 5.69 Å². The highest BCUT2D eigenvalue weighted by Gasteiger charge is 2.20. The number of hydrogen-bond donors (Lipinski definition) is 2. The average molecular weight is 513 g/mol. The first-order valence-corrected chi connectivity index (χ1v) is 10.9. The molecule has 11 heteroatoms. The number of hydrogen-bond acceptors (Lipinski definition) is 6. The maximum absolute atomic E-state index is 12.7. The molecule has 0 spiro atoms. The number of nitrogens with zero attached hydrogens (tertiary/aromatic N) is 4. The van der Waals surface area contributed by atoms with Crippen molar-refractivity contribution in [3.8, 4) is 5.75 Å². The van der Waals surface area contributed by atoms with Gasteiger partial charge in [0.2, 0.25) is 0 Å². The Balaban J connectivity index is 1.40. The molecule has 0 atom stereocenters. The number of amides is 2. The molecular formula is C22H21BrN6O4. The van der Waals surface area contributed by atoms with Crippen molar-refractivity contribution in [2.24, 2.45) is 0 Å². The van der Waals surface area contributed by atoms with Crippen molar-refractivity contribution in [1.82, 2.24) is 24.9 Å². The van der Waals surface area contributed by atoms with Gasteiger partial charge in [-0.1, -0.05) is 15.9 Å². The summed E-state index contributed by atoms with van der Waals surface area (Å²) in [5.74, 6) is 0.395. The third-order valence-electron chi connectivity index (χ3n) is 4.60. The number of carbonyl (C=O) groups is 2. The maximum Gasteiger partial charge on any atom is 0.276 e. The van der Waals surface area contributed by atoms with Crippen LogP contribution in [0.3, 0.4) is 0 Å². The quantitative estimate of drug-likeness (QED) is 0.353. The fourth-order valence-corrected chi connectivity index (χ4v) is 3.18. The molecule has 0 aliphatic rings. The summed E-state index contributed by atoms with van der Waals surface area (Å²) in [6.07, 6.45) is 4.77. The number of halogens is 1. The van der Waals surface area contributed by atoms with E-state index in [9.17, 15) is 9.59 Å². The first-order chi connectivity index (χ1) is 16.0. The zero-order chi connectivity index (χ0) is 23.2. The third kappa shape index (κ3) is 5.69. The Morgan fingerprint density at radius 1 is 1.09 bits per heavy atom. The lowest BCUT2D eigenvalue weighted by Crippen LogP contribution is -2.25. The van der Waals surface area contributed by atoms with E-state index in [1.54, 1.807) is 35.3 Å². The van der Waals surface area contributed by atoms with Gasteiger partial charge in [0, 0.05) is 23.4 Å². The van der Waals surface area contributed by atoms with Crippen LogP contribution in [-0.2, 0) is 19.8 Å². The lowest BCUT2D eigenvalue weighted by Gasteiger charge is -2.06. The Kier molecular flexibility index (Phi) is 6.89. The number of aromatic nitrogens is 4. The molecule has 0 bridgehead atoms. The molecule has 0 radical (unpaired) electrons. The molecule has 0 saturated heterocycles. The average Bonchev–Trinajstić information content (AvgIpc) is 3.58. The number of aryl methyl sites for hydroxylation is 1. The van der Waals surface area contributed by atoms with E-state index < -0.39 is 11.8 Å². The second-order valence-corrected chi connectivity index (χ2v) is 7.85. The lowest BCUT2D eigenvalue weighted by molar-refractivity contribution is 0.0943. The van der Waals surface area contributed by atoms with Crippen LogP contribution in [0.2, 0.25) is 0 Å². The number of anilines is 1. The first kappa shape index (κ1) is 22.3. The highest BCUT2D eigenvalue weighted by atomic mass is 79.9. The second-order valence-electron chi connectivity index (χ2n) is 6.93. The van der Waals surface area contributed by atoms with Crippen LogP contribution in [0.5, 0.6) is 5.75 Å². The molecule has 4 aromatic rings. The highest BCUT2D eigenvalue weighted by molar-refractivity contribution is 9.10. The van der Waals surface area contributed by atoms with Gasteiger partial charge in [-0.25, -0.2) is 4.68 Å². The summed E-state index contributed by atoms with van der Waals surface area (Å²) >= 11 is 3.37. The number of carbonyl (C=O) groups excluding carboxylic acids is 2. The van der Waals surface area contributed by atoms with E-state index >= 15 is 0 Å². The Bertz CT molecular complexity index is 1230. The van der Waals surface area contributed by atoms with Crippen molar-refractivity contribution in [3.05, 3.63) is 82.7 Å². The summed E-state index contributed by atoms with van der Waals surface area (Å²) < 4.78 is 14.9. The van der Waals surface area contributed by atoms with Gasteiger partial charge in [-0.2, -0.15) is 10.2 Å². The van der Waals surface area contributed by atoms with Gasteiger partial charge >= 0.3 is 0 Å². The fraction of sp³-hybridized carbons (Fsp3) is 0.182. The zero-order valence-electron chi connectivity index (χ0n) is 17.7. The topological polar surface area (TPSA) is 116 Å². The molecule has 3 heterocycles. The summed E-state index contributed by atoms with van der Waals surface area (Å²) in [6, 6.07) is 12.5. The van der Waals surface area contributed by atoms with Crippen molar-refractivity contribution in [2.75, 3.05) is 5.32 Å². The van der Waals surface area contributed by atoms with Crippen LogP contribution in [0, 0.1) is 0 Å². The van der Waals surface area contributed by atoms with E-state index in [1.807, 2.05) is 31.2 Å². The van der Waals surface area contributed by atoms with Crippen LogP contribution in [-0.4, -0.2) is 31.4 Å². The molecule has 2 N–H and O–H groups in total. The van der Waals surface area contributed by atoms with E-state index in [0.717, 1.165) is 4.47 Å². The largest absolute Gasteiger partial charge is 0.471 e. The van der Waals surface area contributed by atoms with Crippen LogP contribution in [0.25, 0.3) is 0 Å². The minimum Gasteiger partial charge on any atom is -0.471 e. The number of benzene rings is 1. The van der Waals surface area contributed by atoms with Gasteiger partial charge < -0.3 is 19.8 Å². The number of ether oxygens (including phenoxy) is 1. The molecule has 2 amide bonds. The molecular weight excluding hydrogens is 492 g/mol. The number of nitrogens with one attached hydrogen (secondary N) is 2. The van der Waals surface area contributed by atoms with Gasteiger partial charge in [0.1, 0.15) is 11.5 Å². The van der Waals surface area contributed by atoms with Crippen LogP contribution in [0.15, 0.2) is 70.0 Å². The third-order valence-corrected chi connectivity index (χ3v) is 5.13. The highest BCUT2D eigenvalue weighted by Crippen LogP contribution is 2.17. The van der Waals surface area contributed by atoms with E-state index in [1.165, 1.54) is 10.9 Å². The Morgan fingerprint density at radius 3 is 2.64 bits per heavy atom. The predicted octanol–water partition coefficient (Wildman–Crippen LogP) is 3.67. The van der Waals surface area contributed by atoms with Gasteiger partial charge in [-0.15, -0.1) is 0 Å². The van der Waals surface area contributed by atoms with E-state index in [-0.39, 0.29) is 24.7 Å². The van der Waals surface area contributed by atoms with Gasteiger partial charge in [-0.3, -0.25) is 14.3 Å². The molecule has 170 valence electrons. The SMILES string of the molecule is CCn1cc(NC(=O)c2ccn(COc3ccc(Br)cc3)n2)c(C(=O)NCc2ccco2)n1. The maximum atomic E-state index is 12.7. The summed E-state index contributed by atoms with van der Waals surface area (Å²) in [5, 5.41) is 14.0. The minimum atomic E-state index is -0.465. The van der Waals surface area contributed by atoms with E-state index in [0.29, 0.717) is 23.7 Å². The number of rotatable bonds is 9. The molecule has 0 unspecified atom stereocenters. The van der Waals surface area contributed by atoms with E-state index in [4.69, 9.17) is 9.15 Å². The second kappa shape index (κ2) is 10.2. The molecule has 0 saturated carbocycles. The van der Waals surface area contributed by atoms with Gasteiger partial charge in [0.05, 0.1) is 18.5 Å². The number of furan rings is 1. The van der Waals surface area contributed by atoms with Crippen LogP contribution in [0.1, 0.15) is 33.7 Å². The summed E-state index contributed by atoms with van der Waals surface area (Å²) in [5.41, 5.74) is 0.579. The summed E-state index contributed by atoms with van der Waals surface area (Å²) in [6.45, 7) is 2.77. The van der Waals surface area contributed by atoms with Crippen molar-refractivity contribution in [3.63, 3.8) is 0 Å². The molecule has 3 aromatic heterocycles. The molecule has 33 heavy (non-hydrogen) atoms.